The largest absolute Gasteiger partial charge is 0.374 e. The Bertz CT molecular complexity index is 600. The molecule has 0 aliphatic carbocycles. The maximum absolute atomic E-state index is 12.1. The molecule has 0 atom stereocenters. The third-order valence-corrected chi connectivity index (χ3v) is 4.29. The molecule has 0 radical (unpaired) electrons. The second-order valence-corrected chi connectivity index (χ2v) is 5.74. The van der Waals surface area contributed by atoms with Gasteiger partial charge in [0.15, 0.2) is 5.11 Å². The van der Waals surface area contributed by atoms with Gasteiger partial charge in [0.1, 0.15) is 4.88 Å². The number of rotatable bonds is 2. The maximum atomic E-state index is 12.1. The fourth-order valence-corrected chi connectivity index (χ4v) is 3.02. The van der Waals surface area contributed by atoms with Gasteiger partial charge in [-0.2, -0.15) is 0 Å². The third-order valence-electron chi connectivity index (χ3n) is 2.27. The Morgan fingerprint density at radius 3 is 2.53 bits per heavy atom. The number of nitrogens with two attached hydrogens (primary N) is 1. The van der Waals surface area contributed by atoms with E-state index >= 15 is 0 Å². The van der Waals surface area contributed by atoms with Crippen molar-refractivity contribution in [3.63, 3.8) is 0 Å². The predicted octanol–water partition coefficient (Wildman–Crippen LogP) is 2.91. The van der Waals surface area contributed by atoms with Gasteiger partial charge in [-0.1, -0.05) is 18.2 Å². The highest BCUT2D eigenvalue weighted by molar-refractivity contribution is 9.10. The topological polar surface area (TPSA) is 58.4 Å². The first kappa shape index (κ1) is 14.0. The number of hydrazine groups is 1. The van der Waals surface area contributed by atoms with Crippen LogP contribution in [-0.4, -0.2) is 11.0 Å². The minimum Gasteiger partial charge on any atom is -0.374 e. The number of carbonyl (C=O) groups excluding carboxylic acids is 1. The average Bonchev–Trinajstić information content (AvgIpc) is 2.82. The van der Waals surface area contributed by atoms with E-state index in [-0.39, 0.29) is 11.0 Å². The quantitative estimate of drug-likeness (QED) is 0.642. The first-order valence-electron chi connectivity index (χ1n) is 5.28. The van der Waals surface area contributed by atoms with Crippen LogP contribution in [0.4, 0.5) is 5.69 Å². The molecule has 0 aliphatic rings. The SMILES string of the molecule is NC(=S)N(NC(=O)c1sccc1Br)c1ccccc1. The number of halogens is 1. The van der Waals surface area contributed by atoms with Crippen LogP contribution < -0.4 is 16.2 Å². The van der Waals surface area contributed by atoms with Crippen molar-refractivity contribution in [1.82, 2.24) is 5.43 Å². The van der Waals surface area contributed by atoms with E-state index in [1.54, 1.807) is 0 Å². The zero-order chi connectivity index (χ0) is 13.8. The highest BCUT2D eigenvalue weighted by atomic mass is 79.9. The Hall–Kier alpha value is -1.44. The van der Waals surface area contributed by atoms with Gasteiger partial charge in [0.05, 0.1) is 5.69 Å². The first-order chi connectivity index (χ1) is 9.09. The summed E-state index contributed by atoms with van der Waals surface area (Å²) in [6.45, 7) is 0. The van der Waals surface area contributed by atoms with Crippen molar-refractivity contribution in [3.8, 4) is 0 Å². The summed E-state index contributed by atoms with van der Waals surface area (Å²) < 4.78 is 0.742. The predicted molar refractivity (Wildman–Crippen MR) is 85.2 cm³/mol. The lowest BCUT2D eigenvalue weighted by molar-refractivity contribution is 0.0958. The van der Waals surface area contributed by atoms with Crippen molar-refractivity contribution in [2.45, 2.75) is 0 Å². The van der Waals surface area contributed by atoms with Crippen molar-refractivity contribution in [3.05, 3.63) is 51.1 Å². The van der Waals surface area contributed by atoms with Crippen molar-refractivity contribution in [2.24, 2.45) is 5.73 Å². The summed E-state index contributed by atoms with van der Waals surface area (Å²) in [7, 11) is 0. The van der Waals surface area contributed by atoms with Crippen LogP contribution in [0.1, 0.15) is 9.67 Å². The number of amides is 1. The molecule has 3 N–H and O–H groups in total. The van der Waals surface area contributed by atoms with E-state index in [0.717, 1.165) is 4.47 Å². The summed E-state index contributed by atoms with van der Waals surface area (Å²) in [6, 6.07) is 11.0. The molecule has 1 aromatic carbocycles. The fraction of sp³-hybridized carbons (Fsp3) is 0. The molecule has 98 valence electrons. The van der Waals surface area contributed by atoms with Crippen LogP contribution in [0, 0.1) is 0 Å². The van der Waals surface area contributed by atoms with Gasteiger partial charge in [-0.05, 0) is 51.7 Å². The summed E-state index contributed by atoms with van der Waals surface area (Å²) in [5, 5.41) is 3.28. The van der Waals surface area contributed by atoms with Crippen molar-refractivity contribution >= 4 is 56.2 Å². The van der Waals surface area contributed by atoms with Gasteiger partial charge in [-0.3, -0.25) is 10.2 Å². The zero-order valence-corrected chi connectivity index (χ0v) is 12.9. The van der Waals surface area contributed by atoms with Crippen LogP contribution in [0.3, 0.4) is 0 Å². The van der Waals surface area contributed by atoms with Crippen LogP contribution in [0.2, 0.25) is 0 Å². The Kier molecular flexibility index (Phi) is 4.52. The molecule has 0 saturated heterocycles. The van der Waals surface area contributed by atoms with Gasteiger partial charge in [0.25, 0.3) is 5.91 Å². The van der Waals surface area contributed by atoms with Crippen molar-refractivity contribution in [1.29, 1.82) is 0 Å². The monoisotopic (exact) mass is 355 g/mol. The minimum absolute atomic E-state index is 0.0761. The van der Waals surface area contributed by atoms with E-state index in [9.17, 15) is 4.79 Å². The molecule has 0 fully saturated rings. The molecular weight excluding hydrogens is 346 g/mol. The van der Waals surface area contributed by atoms with Crippen LogP contribution in [-0.2, 0) is 0 Å². The normalized spacial score (nSPS) is 9.95. The molecule has 7 heteroatoms. The Labute approximate surface area is 128 Å². The second kappa shape index (κ2) is 6.14. The summed E-state index contributed by atoms with van der Waals surface area (Å²) in [6.07, 6.45) is 0. The number of benzene rings is 1. The molecule has 2 rings (SSSR count). The Morgan fingerprint density at radius 2 is 2.00 bits per heavy atom. The molecule has 0 spiro atoms. The Balaban J connectivity index is 2.21. The number of para-hydroxylation sites is 1. The molecule has 1 aromatic heterocycles. The number of carbonyl (C=O) groups is 1. The zero-order valence-electron chi connectivity index (χ0n) is 9.67. The van der Waals surface area contributed by atoms with Crippen molar-refractivity contribution < 1.29 is 4.79 Å². The highest BCUT2D eigenvalue weighted by Gasteiger charge is 2.17. The molecule has 1 heterocycles. The van der Waals surface area contributed by atoms with Gasteiger partial charge in [0, 0.05) is 4.47 Å². The second-order valence-electron chi connectivity index (χ2n) is 3.55. The average molecular weight is 356 g/mol. The number of nitrogens with zero attached hydrogens (tertiary/aromatic N) is 1. The standard InChI is InChI=1S/C12H10BrN3OS2/c13-9-6-7-19-10(9)11(17)15-16(12(14)18)8-4-2-1-3-5-8/h1-7H,(H2,14,18)(H,15,17). The van der Waals surface area contributed by atoms with E-state index < -0.39 is 0 Å². The maximum Gasteiger partial charge on any atom is 0.281 e. The number of anilines is 1. The lowest BCUT2D eigenvalue weighted by Gasteiger charge is -2.23. The number of thiophene rings is 1. The molecule has 4 nitrogen and oxygen atoms in total. The lowest BCUT2D eigenvalue weighted by atomic mass is 10.3. The molecule has 0 aliphatic heterocycles. The van der Waals surface area contributed by atoms with Crippen molar-refractivity contribution in [2.75, 3.05) is 5.01 Å². The molecule has 0 bridgehead atoms. The van der Waals surface area contributed by atoms with E-state index in [4.69, 9.17) is 18.0 Å². The van der Waals surface area contributed by atoms with E-state index in [1.165, 1.54) is 16.3 Å². The summed E-state index contributed by atoms with van der Waals surface area (Å²) in [5.41, 5.74) is 9.03. The smallest absolute Gasteiger partial charge is 0.281 e. The van der Waals surface area contributed by atoms with Gasteiger partial charge >= 0.3 is 0 Å². The van der Waals surface area contributed by atoms with E-state index in [0.29, 0.717) is 10.6 Å². The molecule has 19 heavy (non-hydrogen) atoms. The lowest BCUT2D eigenvalue weighted by Crippen LogP contribution is -2.49. The van der Waals surface area contributed by atoms with E-state index in [2.05, 4.69) is 21.4 Å². The number of nitrogens with one attached hydrogen (secondary N) is 1. The van der Waals surface area contributed by atoms with Crippen LogP contribution in [0.15, 0.2) is 46.3 Å². The van der Waals surface area contributed by atoms with Gasteiger partial charge < -0.3 is 5.73 Å². The molecule has 1 amide bonds. The molecule has 0 unspecified atom stereocenters. The summed E-state index contributed by atoms with van der Waals surface area (Å²) >= 11 is 9.61. The first-order valence-corrected chi connectivity index (χ1v) is 7.36. The Morgan fingerprint density at radius 1 is 1.32 bits per heavy atom. The van der Waals surface area contributed by atoms with Gasteiger partial charge in [-0.25, -0.2) is 5.01 Å². The van der Waals surface area contributed by atoms with E-state index in [1.807, 2.05) is 41.8 Å². The molecule has 0 saturated carbocycles. The third kappa shape index (κ3) is 3.31. The number of hydrogen-bond donors (Lipinski definition) is 2. The van der Waals surface area contributed by atoms with Crippen LogP contribution >= 0.6 is 39.5 Å². The number of hydrogen-bond acceptors (Lipinski definition) is 3. The number of thiocarbonyl (C=S) groups is 1. The summed E-state index contributed by atoms with van der Waals surface area (Å²) in [4.78, 5) is 12.7. The van der Waals surface area contributed by atoms with Gasteiger partial charge in [0.2, 0.25) is 0 Å². The molecule has 2 aromatic rings. The minimum atomic E-state index is -0.265. The highest BCUT2D eigenvalue weighted by Crippen LogP contribution is 2.22. The fourth-order valence-electron chi connectivity index (χ4n) is 1.43. The molecular formula is C12H10BrN3OS2. The van der Waals surface area contributed by atoms with Crippen LogP contribution in [0.25, 0.3) is 0 Å². The van der Waals surface area contributed by atoms with Gasteiger partial charge in [-0.15, -0.1) is 11.3 Å². The van der Waals surface area contributed by atoms with Crippen LogP contribution in [0.5, 0.6) is 0 Å². The summed E-state index contributed by atoms with van der Waals surface area (Å²) in [5.74, 6) is -0.265.